The van der Waals surface area contributed by atoms with Crippen molar-refractivity contribution in [2.45, 2.75) is 45.8 Å². The normalized spacial score (nSPS) is 14.2. The van der Waals surface area contributed by atoms with E-state index in [0.29, 0.717) is 6.54 Å². The van der Waals surface area contributed by atoms with E-state index in [1.807, 2.05) is 31.5 Å². The molecule has 3 aromatic heterocycles. The summed E-state index contributed by atoms with van der Waals surface area (Å²) in [4.78, 5) is 19.8. The van der Waals surface area contributed by atoms with Gasteiger partial charge in [-0.25, -0.2) is 24.6 Å². The Bertz CT molecular complexity index is 1220. The zero-order valence-corrected chi connectivity index (χ0v) is 20.1. The standard InChI is InChI=1S/C26H30N8O/c1-3-20-14-29-26(30-15-20)33-12-10-23(11-13-33)35-22-6-4-21(5-7-22)16-28-24-8-9-25(32-19(24)2)34-18-27-17-31-34/h4-9,14-15,17-18,23,28H,3,10-13,16H2,1-2H3. The number of nitrogens with zero attached hydrogens (tertiary/aromatic N) is 7. The average molecular weight is 471 g/mol. The fourth-order valence-electron chi connectivity index (χ4n) is 4.13. The average Bonchev–Trinajstić information content (AvgIpc) is 3.45. The van der Waals surface area contributed by atoms with Gasteiger partial charge in [0.1, 0.15) is 24.5 Å². The number of aryl methyl sites for hydroxylation is 2. The summed E-state index contributed by atoms with van der Waals surface area (Å²) in [6.07, 6.45) is 10.1. The van der Waals surface area contributed by atoms with Gasteiger partial charge < -0.3 is 15.0 Å². The van der Waals surface area contributed by atoms with Crippen molar-refractivity contribution in [1.29, 1.82) is 0 Å². The second kappa shape index (κ2) is 10.5. The molecule has 5 rings (SSSR count). The first-order chi connectivity index (χ1) is 17.2. The molecule has 0 radical (unpaired) electrons. The predicted molar refractivity (Wildman–Crippen MR) is 135 cm³/mol. The van der Waals surface area contributed by atoms with Crippen LogP contribution < -0.4 is 15.0 Å². The van der Waals surface area contributed by atoms with Crippen molar-refractivity contribution < 1.29 is 4.74 Å². The number of nitrogens with one attached hydrogen (secondary N) is 1. The van der Waals surface area contributed by atoms with Crippen LogP contribution in [0.5, 0.6) is 5.75 Å². The van der Waals surface area contributed by atoms with Gasteiger partial charge in [-0.3, -0.25) is 0 Å². The molecule has 0 spiro atoms. The van der Waals surface area contributed by atoms with Crippen molar-refractivity contribution in [3.63, 3.8) is 0 Å². The number of rotatable bonds is 8. The molecule has 1 fully saturated rings. The number of aromatic nitrogens is 6. The minimum absolute atomic E-state index is 0.211. The number of ether oxygens (including phenoxy) is 1. The van der Waals surface area contributed by atoms with Crippen LogP contribution in [0.15, 0.2) is 61.4 Å². The van der Waals surface area contributed by atoms with Crippen LogP contribution in [0.1, 0.15) is 36.6 Å². The van der Waals surface area contributed by atoms with Gasteiger partial charge >= 0.3 is 0 Å². The highest BCUT2D eigenvalue weighted by molar-refractivity contribution is 5.50. The molecule has 1 aromatic carbocycles. The molecule has 9 nitrogen and oxygen atoms in total. The van der Waals surface area contributed by atoms with E-state index in [0.717, 1.165) is 61.2 Å². The van der Waals surface area contributed by atoms with Crippen molar-refractivity contribution in [3.8, 4) is 11.6 Å². The van der Waals surface area contributed by atoms with Crippen LogP contribution in [0.25, 0.3) is 5.82 Å². The fourth-order valence-corrected chi connectivity index (χ4v) is 4.13. The third-order valence-corrected chi connectivity index (χ3v) is 6.26. The molecule has 1 aliphatic rings. The molecule has 0 unspecified atom stereocenters. The third kappa shape index (κ3) is 5.56. The predicted octanol–water partition coefficient (Wildman–Crippen LogP) is 3.98. The minimum Gasteiger partial charge on any atom is -0.490 e. The van der Waals surface area contributed by atoms with E-state index < -0.39 is 0 Å². The summed E-state index contributed by atoms with van der Waals surface area (Å²) in [5.41, 5.74) is 4.25. The molecule has 1 N–H and O–H groups in total. The zero-order valence-electron chi connectivity index (χ0n) is 20.1. The lowest BCUT2D eigenvalue weighted by Crippen LogP contribution is -2.39. The van der Waals surface area contributed by atoms with Gasteiger partial charge in [-0.2, -0.15) is 5.10 Å². The summed E-state index contributed by atoms with van der Waals surface area (Å²) >= 11 is 0. The summed E-state index contributed by atoms with van der Waals surface area (Å²) in [5, 5.41) is 7.59. The van der Waals surface area contributed by atoms with Gasteiger partial charge in [0.2, 0.25) is 5.95 Å². The van der Waals surface area contributed by atoms with E-state index in [1.54, 1.807) is 11.0 Å². The van der Waals surface area contributed by atoms with Gasteiger partial charge in [0.25, 0.3) is 0 Å². The van der Waals surface area contributed by atoms with Crippen LogP contribution in [0.2, 0.25) is 0 Å². The SMILES string of the molecule is CCc1cnc(N2CCC(Oc3ccc(CNc4ccc(-n5cncn5)nc4C)cc3)CC2)nc1. The molecule has 0 aliphatic carbocycles. The second-order valence-electron chi connectivity index (χ2n) is 8.69. The first-order valence-electron chi connectivity index (χ1n) is 12.1. The summed E-state index contributed by atoms with van der Waals surface area (Å²) in [5.74, 6) is 2.47. The number of hydrogen-bond donors (Lipinski definition) is 1. The van der Waals surface area contributed by atoms with E-state index >= 15 is 0 Å². The molecular weight excluding hydrogens is 440 g/mol. The Morgan fingerprint density at radius 1 is 1.00 bits per heavy atom. The maximum absolute atomic E-state index is 6.25. The van der Waals surface area contributed by atoms with Crippen molar-refractivity contribution >= 4 is 11.6 Å². The number of benzene rings is 1. The van der Waals surface area contributed by atoms with E-state index in [-0.39, 0.29) is 6.10 Å². The van der Waals surface area contributed by atoms with Crippen molar-refractivity contribution in [1.82, 2.24) is 29.7 Å². The van der Waals surface area contributed by atoms with Crippen LogP contribution in [-0.2, 0) is 13.0 Å². The number of anilines is 2. The van der Waals surface area contributed by atoms with E-state index in [4.69, 9.17) is 4.74 Å². The summed E-state index contributed by atoms with van der Waals surface area (Å²) in [6.45, 7) is 6.61. The highest BCUT2D eigenvalue weighted by Crippen LogP contribution is 2.22. The van der Waals surface area contributed by atoms with Crippen molar-refractivity contribution in [2.24, 2.45) is 0 Å². The Hall–Kier alpha value is -4.01. The second-order valence-corrected chi connectivity index (χ2v) is 8.69. The van der Waals surface area contributed by atoms with Gasteiger partial charge in [-0.15, -0.1) is 0 Å². The number of piperidine rings is 1. The molecule has 1 saturated heterocycles. The molecule has 4 aromatic rings. The highest BCUT2D eigenvalue weighted by atomic mass is 16.5. The quantitative estimate of drug-likeness (QED) is 0.413. The molecule has 4 heterocycles. The lowest BCUT2D eigenvalue weighted by atomic mass is 10.1. The Balaban J connectivity index is 1.10. The maximum atomic E-state index is 6.25. The summed E-state index contributed by atoms with van der Waals surface area (Å²) in [6, 6.07) is 12.3. The Morgan fingerprint density at radius 2 is 1.77 bits per heavy atom. The summed E-state index contributed by atoms with van der Waals surface area (Å²) < 4.78 is 7.90. The fraction of sp³-hybridized carbons (Fsp3) is 0.346. The monoisotopic (exact) mass is 470 g/mol. The van der Waals surface area contributed by atoms with Gasteiger partial charge in [0.15, 0.2) is 5.82 Å². The molecule has 0 amide bonds. The molecule has 0 bridgehead atoms. The summed E-state index contributed by atoms with van der Waals surface area (Å²) in [7, 11) is 0. The first kappa shape index (κ1) is 22.8. The molecular formula is C26H30N8O. The van der Waals surface area contributed by atoms with Gasteiger partial charge in [-0.1, -0.05) is 19.1 Å². The number of hydrogen-bond acceptors (Lipinski definition) is 8. The lowest BCUT2D eigenvalue weighted by molar-refractivity contribution is 0.170. The Labute approximate surface area is 205 Å². The van der Waals surface area contributed by atoms with Crippen LogP contribution in [-0.4, -0.2) is 48.9 Å². The van der Waals surface area contributed by atoms with Gasteiger partial charge in [0.05, 0.1) is 11.4 Å². The molecule has 9 heteroatoms. The van der Waals surface area contributed by atoms with Crippen LogP contribution >= 0.6 is 0 Å². The lowest BCUT2D eigenvalue weighted by Gasteiger charge is -2.32. The molecule has 180 valence electrons. The smallest absolute Gasteiger partial charge is 0.225 e. The van der Waals surface area contributed by atoms with Crippen LogP contribution in [0.4, 0.5) is 11.6 Å². The van der Waals surface area contributed by atoms with E-state index in [2.05, 4.69) is 66.4 Å². The molecule has 0 saturated carbocycles. The van der Waals surface area contributed by atoms with Crippen molar-refractivity contribution in [2.75, 3.05) is 23.3 Å². The topological polar surface area (TPSA) is 93.9 Å². The van der Waals surface area contributed by atoms with Gasteiger partial charge in [-0.05, 0) is 48.7 Å². The maximum Gasteiger partial charge on any atom is 0.225 e. The molecule has 1 aliphatic heterocycles. The van der Waals surface area contributed by atoms with Gasteiger partial charge in [0, 0.05) is 44.9 Å². The highest BCUT2D eigenvalue weighted by Gasteiger charge is 2.22. The Kier molecular flexibility index (Phi) is 6.83. The minimum atomic E-state index is 0.211. The first-order valence-corrected chi connectivity index (χ1v) is 12.1. The Morgan fingerprint density at radius 3 is 2.43 bits per heavy atom. The van der Waals surface area contributed by atoms with E-state index in [9.17, 15) is 0 Å². The molecule has 35 heavy (non-hydrogen) atoms. The van der Waals surface area contributed by atoms with Crippen LogP contribution in [0, 0.1) is 6.92 Å². The largest absolute Gasteiger partial charge is 0.490 e. The van der Waals surface area contributed by atoms with Crippen LogP contribution in [0.3, 0.4) is 0 Å². The van der Waals surface area contributed by atoms with E-state index in [1.165, 1.54) is 17.5 Å². The van der Waals surface area contributed by atoms with Crippen molar-refractivity contribution in [3.05, 3.63) is 78.3 Å². The third-order valence-electron chi connectivity index (χ3n) is 6.26. The molecule has 0 atom stereocenters. The number of pyridine rings is 1. The zero-order chi connectivity index (χ0) is 24.0.